The first-order chi connectivity index (χ1) is 11.2. The fourth-order valence-electron chi connectivity index (χ4n) is 3.31. The van der Waals surface area contributed by atoms with Crippen LogP contribution in [0.5, 0.6) is 0 Å². The summed E-state index contributed by atoms with van der Waals surface area (Å²) in [5.74, 6) is 0. The van der Waals surface area contributed by atoms with Crippen molar-refractivity contribution < 1.29 is 0 Å². The molecular weight excluding hydrogens is 282 g/mol. The number of benzene rings is 1. The zero-order valence-corrected chi connectivity index (χ0v) is 15.7. The Hall–Kier alpha value is -1.74. The molecule has 3 nitrogen and oxygen atoms in total. The summed E-state index contributed by atoms with van der Waals surface area (Å²) in [5, 5.41) is 0. The molecule has 1 heterocycles. The second-order valence-electron chi connectivity index (χ2n) is 5.75. The normalized spacial score (nSPS) is 17.3. The Morgan fingerprint density at radius 3 is 2.35 bits per heavy atom. The lowest BCUT2D eigenvalue weighted by molar-refractivity contribution is 0.519. The smallest absolute Gasteiger partial charge is 0.0439 e. The minimum Gasteiger partial charge on any atom is -0.377 e. The van der Waals surface area contributed by atoms with Crippen molar-refractivity contribution in [3.05, 3.63) is 52.9 Å². The van der Waals surface area contributed by atoms with E-state index < -0.39 is 0 Å². The minimum atomic E-state index is 1.11. The molecule has 0 aromatic heterocycles. The number of hydrogen-bond donors (Lipinski definition) is 1. The Morgan fingerprint density at radius 2 is 1.70 bits per heavy atom. The van der Waals surface area contributed by atoms with Gasteiger partial charge in [0.2, 0.25) is 0 Å². The first kappa shape index (κ1) is 19.3. The molecule has 0 fully saturated rings. The molecule has 1 aromatic carbocycles. The number of allylic oxidation sites excluding steroid dienone is 2. The summed E-state index contributed by atoms with van der Waals surface area (Å²) >= 11 is 0. The summed E-state index contributed by atoms with van der Waals surface area (Å²) in [7, 11) is 5.80. The Bertz CT molecular complexity index is 556. The third-order valence-corrected chi connectivity index (χ3v) is 4.16. The molecule has 2 N–H and O–H groups in total. The summed E-state index contributed by atoms with van der Waals surface area (Å²) in [6.07, 6.45) is 5.92. The number of nitrogens with zero attached hydrogens (tertiary/aromatic N) is 2. The zero-order chi connectivity index (χ0) is 17.4. The van der Waals surface area contributed by atoms with Crippen LogP contribution in [0, 0.1) is 0 Å². The molecule has 1 aliphatic carbocycles. The topological polar surface area (TPSA) is 32.5 Å². The molecule has 0 saturated heterocycles. The molecule has 0 spiro atoms. The van der Waals surface area contributed by atoms with Crippen LogP contribution in [0.2, 0.25) is 0 Å². The SMILES string of the molecule is CC.CC1=C(N(C)C)/C(=C/N2CCc3ccccc32)CC1.CN. The monoisotopic (exact) mass is 315 g/mol. The number of anilines is 1. The van der Waals surface area contributed by atoms with Gasteiger partial charge in [0, 0.05) is 38.2 Å². The van der Waals surface area contributed by atoms with Gasteiger partial charge in [-0.05, 0) is 56.0 Å². The van der Waals surface area contributed by atoms with E-state index in [1.807, 2.05) is 13.8 Å². The average molecular weight is 316 g/mol. The van der Waals surface area contributed by atoms with E-state index in [0.717, 1.165) is 6.54 Å². The molecule has 1 aromatic rings. The van der Waals surface area contributed by atoms with Gasteiger partial charge in [-0.1, -0.05) is 32.0 Å². The summed E-state index contributed by atoms with van der Waals surface area (Å²) in [4.78, 5) is 4.68. The van der Waals surface area contributed by atoms with Crippen molar-refractivity contribution in [2.75, 3.05) is 32.6 Å². The predicted molar refractivity (Wildman–Crippen MR) is 103 cm³/mol. The molecule has 3 rings (SSSR count). The Balaban J connectivity index is 0.000000615. The van der Waals surface area contributed by atoms with Crippen LogP contribution in [0.4, 0.5) is 5.69 Å². The second kappa shape index (κ2) is 9.41. The molecule has 0 unspecified atom stereocenters. The van der Waals surface area contributed by atoms with Crippen LogP contribution in [0.1, 0.15) is 39.2 Å². The summed E-state index contributed by atoms with van der Waals surface area (Å²) in [5.41, 5.74) is 11.8. The van der Waals surface area contributed by atoms with Crippen LogP contribution in [-0.2, 0) is 6.42 Å². The molecule has 0 radical (unpaired) electrons. The van der Waals surface area contributed by atoms with Gasteiger partial charge >= 0.3 is 0 Å². The van der Waals surface area contributed by atoms with Gasteiger partial charge in [0.25, 0.3) is 0 Å². The predicted octanol–water partition coefficient (Wildman–Crippen LogP) is 4.16. The van der Waals surface area contributed by atoms with Crippen molar-refractivity contribution in [2.45, 2.75) is 40.0 Å². The van der Waals surface area contributed by atoms with Gasteiger partial charge in [0.05, 0.1) is 0 Å². The van der Waals surface area contributed by atoms with Crippen LogP contribution in [0.3, 0.4) is 0 Å². The largest absolute Gasteiger partial charge is 0.377 e. The lowest BCUT2D eigenvalue weighted by Crippen LogP contribution is -2.17. The average Bonchev–Trinajstić information content (AvgIpc) is 3.16. The molecule has 1 aliphatic heterocycles. The van der Waals surface area contributed by atoms with E-state index in [4.69, 9.17) is 0 Å². The van der Waals surface area contributed by atoms with Gasteiger partial charge in [-0.3, -0.25) is 0 Å². The molecule has 0 saturated carbocycles. The Labute approximate surface area is 142 Å². The quantitative estimate of drug-likeness (QED) is 0.889. The van der Waals surface area contributed by atoms with Crippen molar-refractivity contribution >= 4 is 5.69 Å². The molecule has 0 atom stereocenters. The van der Waals surface area contributed by atoms with Gasteiger partial charge in [0.1, 0.15) is 0 Å². The molecule has 23 heavy (non-hydrogen) atoms. The number of rotatable bonds is 2. The third-order valence-electron chi connectivity index (χ3n) is 4.16. The number of hydrogen-bond acceptors (Lipinski definition) is 3. The summed E-state index contributed by atoms with van der Waals surface area (Å²) in [6.45, 7) is 7.37. The third kappa shape index (κ3) is 4.38. The molecule has 3 heteroatoms. The van der Waals surface area contributed by atoms with Crippen molar-refractivity contribution in [3.8, 4) is 0 Å². The number of fused-ring (bicyclic) bond motifs is 1. The van der Waals surface area contributed by atoms with E-state index in [2.05, 4.69) is 67.0 Å². The van der Waals surface area contributed by atoms with Crippen molar-refractivity contribution in [1.82, 2.24) is 4.90 Å². The zero-order valence-electron chi connectivity index (χ0n) is 15.7. The van der Waals surface area contributed by atoms with E-state index in [9.17, 15) is 0 Å². The summed E-state index contributed by atoms with van der Waals surface area (Å²) < 4.78 is 0. The molecule has 0 bridgehead atoms. The van der Waals surface area contributed by atoms with Crippen LogP contribution < -0.4 is 10.6 Å². The Kier molecular flexibility index (Phi) is 7.90. The van der Waals surface area contributed by atoms with Crippen LogP contribution in [0.15, 0.2) is 47.3 Å². The van der Waals surface area contributed by atoms with Gasteiger partial charge in [0.15, 0.2) is 0 Å². The van der Waals surface area contributed by atoms with E-state index >= 15 is 0 Å². The maximum Gasteiger partial charge on any atom is 0.0439 e. The highest BCUT2D eigenvalue weighted by atomic mass is 15.1. The number of nitrogens with two attached hydrogens (primary N) is 1. The first-order valence-electron chi connectivity index (χ1n) is 8.67. The molecule has 2 aliphatic rings. The van der Waals surface area contributed by atoms with E-state index in [1.54, 1.807) is 0 Å². The van der Waals surface area contributed by atoms with Crippen molar-refractivity contribution in [3.63, 3.8) is 0 Å². The fraction of sp³-hybridized carbons (Fsp3) is 0.500. The van der Waals surface area contributed by atoms with E-state index in [1.165, 1.54) is 54.4 Å². The second-order valence-corrected chi connectivity index (χ2v) is 5.75. The van der Waals surface area contributed by atoms with Crippen molar-refractivity contribution in [2.24, 2.45) is 5.73 Å². The summed E-state index contributed by atoms with van der Waals surface area (Å²) in [6, 6.07) is 8.76. The van der Waals surface area contributed by atoms with Crippen LogP contribution in [-0.4, -0.2) is 32.6 Å². The fourth-order valence-corrected chi connectivity index (χ4v) is 3.31. The van der Waals surface area contributed by atoms with Crippen LogP contribution >= 0.6 is 0 Å². The lowest BCUT2D eigenvalue weighted by Gasteiger charge is -2.21. The molecular formula is C20H33N3. The van der Waals surface area contributed by atoms with Gasteiger partial charge in [-0.2, -0.15) is 0 Å². The number of para-hydroxylation sites is 1. The maximum atomic E-state index is 4.50. The van der Waals surface area contributed by atoms with E-state index in [0.29, 0.717) is 0 Å². The minimum absolute atomic E-state index is 1.11. The standard InChI is InChI=1S/C17H22N2.C2H6.CH5N/c1-13-8-9-15(17(13)18(2)3)12-19-11-10-14-6-4-5-7-16(14)19;2*1-2/h4-7,12H,8-11H2,1-3H3;1-2H3;2H2,1H3/b15-12+;;. The van der Waals surface area contributed by atoms with E-state index in [-0.39, 0.29) is 0 Å². The van der Waals surface area contributed by atoms with Gasteiger partial charge in [-0.25, -0.2) is 0 Å². The first-order valence-corrected chi connectivity index (χ1v) is 8.67. The van der Waals surface area contributed by atoms with Crippen molar-refractivity contribution in [1.29, 1.82) is 0 Å². The Morgan fingerprint density at radius 1 is 1.04 bits per heavy atom. The van der Waals surface area contributed by atoms with Gasteiger partial charge in [-0.15, -0.1) is 0 Å². The number of likely N-dealkylation sites (N-methyl/N-ethyl adjacent to an activating group) is 1. The highest BCUT2D eigenvalue weighted by Crippen LogP contribution is 2.35. The van der Waals surface area contributed by atoms with Crippen LogP contribution in [0.25, 0.3) is 0 Å². The van der Waals surface area contributed by atoms with Gasteiger partial charge < -0.3 is 15.5 Å². The molecule has 128 valence electrons. The highest BCUT2D eigenvalue weighted by molar-refractivity contribution is 5.61. The highest BCUT2D eigenvalue weighted by Gasteiger charge is 2.22. The lowest BCUT2D eigenvalue weighted by atomic mass is 10.2. The maximum absolute atomic E-state index is 4.50. The molecule has 0 amide bonds.